The van der Waals surface area contributed by atoms with Crippen LogP contribution in [0.5, 0.6) is 0 Å². The molecule has 1 aromatic carbocycles. The van der Waals surface area contributed by atoms with Gasteiger partial charge in [0.2, 0.25) is 0 Å². The predicted octanol–water partition coefficient (Wildman–Crippen LogP) is 1.87. The number of fused-ring (bicyclic) bond motifs is 1. The summed E-state index contributed by atoms with van der Waals surface area (Å²) in [6.45, 7) is 1.71. The van der Waals surface area contributed by atoms with Crippen LogP contribution in [0.15, 0.2) is 30.6 Å². The van der Waals surface area contributed by atoms with Crippen LogP contribution in [0.1, 0.15) is 18.6 Å². The first kappa shape index (κ1) is 8.97. The van der Waals surface area contributed by atoms with Crippen molar-refractivity contribution in [3.8, 4) is 0 Å². The molecule has 1 heterocycles. The van der Waals surface area contributed by atoms with Gasteiger partial charge in [0.25, 0.3) is 0 Å². The van der Waals surface area contributed by atoms with Gasteiger partial charge < -0.3 is 10.8 Å². The van der Waals surface area contributed by atoms with Crippen LogP contribution >= 0.6 is 0 Å². The fraction of sp³-hybridized carbons (Fsp3) is 0.182. The topological polar surface area (TPSA) is 59.1 Å². The number of aliphatic hydroxyl groups excluding tert-OH is 1. The summed E-state index contributed by atoms with van der Waals surface area (Å²) in [6, 6.07) is 5.57. The molecule has 3 nitrogen and oxygen atoms in total. The fourth-order valence-corrected chi connectivity index (χ4v) is 1.68. The maximum absolute atomic E-state index is 9.60. The average molecular weight is 188 g/mol. The first-order chi connectivity index (χ1) is 6.70. The molecule has 0 spiro atoms. The highest BCUT2D eigenvalue weighted by atomic mass is 16.3. The number of benzene rings is 1. The zero-order valence-electron chi connectivity index (χ0n) is 7.94. The zero-order chi connectivity index (χ0) is 10.1. The molecule has 0 aliphatic carbocycles. The lowest BCUT2D eigenvalue weighted by Gasteiger charge is -2.11. The number of nitrogen functional groups attached to an aromatic ring is 1. The molecule has 0 saturated carbocycles. The highest BCUT2D eigenvalue weighted by Crippen LogP contribution is 2.28. The van der Waals surface area contributed by atoms with E-state index < -0.39 is 6.10 Å². The summed E-state index contributed by atoms with van der Waals surface area (Å²) in [5.74, 6) is 0. The van der Waals surface area contributed by atoms with Gasteiger partial charge in [-0.05, 0) is 24.4 Å². The largest absolute Gasteiger partial charge is 0.398 e. The maximum atomic E-state index is 9.60. The third-order valence-electron chi connectivity index (χ3n) is 2.31. The van der Waals surface area contributed by atoms with Crippen molar-refractivity contribution in [3.05, 3.63) is 36.2 Å². The van der Waals surface area contributed by atoms with Gasteiger partial charge in [0.1, 0.15) is 0 Å². The zero-order valence-corrected chi connectivity index (χ0v) is 7.94. The second kappa shape index (κ2) is 3.27. The Kier molecular flexibility index (Phi) is 2.09. The molecule has 1 aromatic heterocycles. The molecule has 0 aliphatic heterocycles. The lowest BCUT2D eigenvalue weighted by Crippen LogP contribution is -1.99. The van der Waals surface area contributed by atoms with Crippen LogP contribution in [0.25, 0.3) is 10.8 Å². The van der Waals surface area contributed by atoms with E-state index in [4.69, 9.17) is 5.73 Å². The molecule has 2 rings (SSSR count). The minimum Gasteiger partial charge on any atom is -0.398 e. The van der Waals surface area contributed by atoms with Crippen molar-refractivity contribution in [2.75, 3.05) is 5.73 Å². The highest BCUT2D eigenvalue weighted by molar-refractivity contribution is 5.89. The Balaban J connectivity index is 2.83. The molecular weight excluding hydrogens is 176 g/mol. The van der Waals surface area contributed by atoms with Gasteiger partial charge in [0.15, 0.2) is 0 Å². The fourth-order valence-electron chi connectivity index (χ4n) is 1.68. The van der Waals surface area contributed by atoms with Gasteiger partial charge in [0.05, 0.1) is 6.10 Å². The number of nitrogens with two attached hydrogens (primary N) is 1. The maximum Gasteiger partial charge on any atom is 0.0787 e. The van der Waals surface area contributed by atoms with Crippen LogP contribution in [0.3, 0.4) is 0 Å². The van der Waals surface area contributed by atoms with E-state index in [0.29, 0.717) is 5.69 Å². The van der Waals surface area contributed by atoms with Gasteiger partial charge in [-0.15, -0.1) is 0 Å². The summed E-state index contributed by atoms with van der Waals surface area (Å²) in [6.07, 6.45) is 2.91. The molecule has 0 bridgehead atoms. The molecule has 0 aliphatic rings. The number of hydrogen-bond donors (Lipinski definition) is 2. The standard InChI is InChI=1S/C11H12N2O/c1-7(14)11-9-4-5-13-6-8(9)2-3-10(11)12/h2-7,14H,12H2,1H3. The van der Waals surface area contributed by atoms with Crippen molar-refractivity contribution >= 4 is 16.5 Å². The summed E-state index contributed by atoms with van der Waals surface area (Å²) < 4.78 is 0. The second-order valence-electron chi connectivity index (χ2n) is 3.34. The molecule has 0 saturated heterocycles. The van der Waals surface area contributed by atoms with Crippen molar-refractivity contribution in [2.45, 2.75) is 13.0 Å². The number of hydrogen-bond acceptors (Lipinski definition) is 3. The van der Waals surface area contributed by atoms with Crippen molar-refractivity contribution in [2.24, 2.45) is 0 Å². The lowest BCUT2D eigenvalue weighted by atomic mass is 10.0. The van der Waals surface area contributed by atoms with Crippen molar-refractivity contribution in [3.63, 3.8) is 0 Å². The Bertz CT molecular complexity index is 466. The summed E-state index contributed by atoms with van der Waals surface area (Å²) >= 11 is 0. The molecule has 3 heteroatoms. The first-order valence-electron chi connectivity index (χ1n) is 4.50. The summed E-state index contributed by atoms with van der Waals surface area (Å²) in [5.41, 5.74) is 7.21. The third-order valence-corrected chi connectivity index (χ3v) is 2.31. The van der Waals surface area contributed by atoms with E-state index in [9.17, 15) is 5.11 Å². The molecule has 0 amide bonds. The number of anilines is 1. The Hall–Kier alpha value is -1.61. The van der Waals surface area contributed by atoms with Crippen molar-refractivity contribution in [1.29, 1.82) is 0 Å². The van der Waals surface area contributed by atoms with E-state index in [1.165, 1.54) is 0 Å². The Morgan fingerprint density at radius 2 is 2.14 bits per heavy atom. The van der Waals surface area contributed by atoms with Gasteiger partial charge in [-0.2, -0.15) is 0 Å². The van der Waals surface area contributed by atoms with Crippen LogP contribution in [0.2, 0.25) is 0 Å². The molecule has 72 valence electrons. The van der Waals surface area contributed by atoms with E-state index in [-0.39, 0.29) is 0 Å². The van der Waals surface area contributed by atoms with E-state index >= 15 is 0 Å². The normalized spacial score (nSPS) is 13.0. The van der Waals surface area contributed by atoms with E-state index in [1.807, 2.05) is 12.1 Å². The second-order valence-corrected chi connectivity index (χ2v) is 3.34. The van der Waals surface area contributed by atoms with E-state index in [2.05, 4.69) is 4.98 Å². The summed E-state index contributed by atoms with van der Waals surface area (Å²) in [5, 5.41) is 11.6. The quantitative estimate of drug-likeness (QED) is 0.671. The molecule has 0 fully saturated rings. The van der Waals surface area contributed by atoms with Crippen LogP contribution in [-0.4, -0.2) is 10.1 Å². The number of aliphatic hydroxyl groups is 1. The minimum absolute atomic E-state index is 0.555. The average Bonchev–Trinajstić information content (AvgIpc) is 2.17. The monoisotopic (exact) mass is 188 g/mol. The third kappa shape index (κ3) is 1.32. The summed E-state index contributed by atoms with van der Waals surface area (Å²) in [4.78, 5) is 4.02. The smallest absolute Gasteiger partial charge is 0.0787 e. The minimum atomic E-state index is -0.555. The summed E-state index contributed by atoms with van der Waals surface area (Å²) in [7, 11) is 0. The Labute approximate surface area is 82.2 Å². The van der Waals surface area contributed by atoms with Crippen molar-refractivity contribution < 1.29 is 5.11 Å². The molecular formula is C11H12N2O. The lowest BCUT2D eigenvalue weighted by molar-refractivity contribution is 0.201. The molecule has 1 atom stereocenters. The Morgan fingerprint density at radius 3 is 2.86 bits per heavy atom. The molecule has 1 unspecified atom stereocenters. The molecule has 0 radical (unpaired) electrons. The Morgan fingerprint density at radius 1 is 1.36 bits per heavy atom. The van der Waals surface area contributed by atoms with Crippen LogP contribution in [-0.2, 0) is 0 Å². The number of nitrogens with zero attached hydrogens (tertiary/aromatic N) is 1. The van der Waals surface area contributed by atoms with Crippen LogP contribution in [0.4, 0.5) is 5.69 Å². The number of pyridine rings is 1. The van der Waals surface area contributed by atoms with Crippen LogP contribution < -0.4 is 5.73 Å². The number of rotatable bonds is 1. The van der Waals surface area contributed by atoms with E-state index in [0.717, 1.165) is 16.3 Å². The molecule has 3 N–H and O–H groups in total. The van der Waals surface area contributed by atoms with Gasteiger partial charge in [-0.1, -0.05) is 6.07 Å². The molecule has 14 heavy (non-hydrogen) atoms. The highest BCUT2D eigenvalue weighted by Gasteiger charge is 2.09. The van der Waals surface area contributed by atoms with Gasteiger partial charge in [-0.3, -0.25) is 4.98 Å². The first-order valence-corrected chi connectivity index (χ1v) is 4.50. The van der Waals surface area contributed by atoms with Gasteiger partial charge in [0, 0.05) is 29.0 Å². The molecule has 2 aromatic rings. The SMILES string of the molecule is CC(O)c1c(N)ccc2cnccc12. The van der Waals surface area contributed by atoms with Gasteiger partial charge in [-0.25, -0.2) is 0 Å². The predicted molar refractivity (Wildman–Crippen MR) is 56.8 cm³/mol. The number of aromatic nitrogens is 1. The van der Waals surface area contributed by atoms with E-state index in [1.54, 1.807) is 25.4 Å². The van der Waals surface area contributed by atoms with Crippen molar-refractivity contribution in [1.82, 2.24) is 4.98 Å². The van der Waals surface area contributed by atoms with Gasteiger partial charge >= 0.3 is 0 Å². The van der Waals surface area contributed by atoms with Crippen LogP contribution in [0, 0.1) is 0 Å².